The number of nitrogens with zero attached hydrogens (tertiary/aromatic N) is 4. The van der Waals surface area contributed by atoms with Gasteiger partial charge in [0, 0.05) is 47.1 Å². The molecule has 2 aromatic heterocycles. The van der Waals surface area contributed by atoms with E-state index < -0.39 is 0 Å². The van der Waals surface area contributed by atoms with Crippen molar-refractivity contribution in [2.75, 3.05) is 0 Å². The molecule has 6 nitrogen and oxygen atoms in total. The summed E-state index contributed by atoms with van der Waals surface area (Å²) >= 11 is 0. The normalized spacial score (nSPS) is 27.3. The number of benzene rings is 2. The van der Waals surface area contributed by atoms with E-state index in [0.717, 1.165) is 52.9 Å². The summed E-state index contributed by atoms with van der Waals surface area (Å²) in [6.45, 7) is 11.6. The minimum atomic E-state index is 0.115. The number of nitriles is 2. The highest BCUT2D eigenvalue weighted by Gasteiger charge is 2.39. The van der Waals surface area contributed by atoms with E-state index in [1.54, 1.807) is 0 Å². The Balaban J connectivity index is 1.10. The third kappa shape index (κ3) is 8.66. The van der Waals surface area contributed by atoms with Gasteiger partial charge in [-0.3, -0.25) is 14.8 Å². The topological polar surface area (TPSA) is 102 Å². The van der Waals surface area contributed by atoms with E-state index in [1.165, 1.54) is 0 Å². The highest BCUT2D eigenvalue weighted by molar-refractivity contribution is 5.77. The summed E-state index contributed by atoms with van der Waals surface area (Å²) in [6, 6.07) is 27.9. The number of hydrogen-bond acceptors (Lipinski definition) is 5. The molecule has 6 heteroatoms. The van der Waals surface area contributed by atoms with Crippen LogP contribution in [0.15, 0.2) is 97.3 Å². The fraction of sp³-hybridized carbons (Fsp3) is 0.383. The van der Waals surface area contributed by atoms with Crippen LogP contribution in [-0.4, -0.2) is 21.9 Å². The first-order valence-electron chi connectivity index (χ1n) is 19.2. The number of nitrogens with one attached hydrogen (secondary N) is 1. The average Bonchev–Trinajstić information content (AvgIpc) is 3.18. The first-order valence-corrected chi connectivity index (χ1v) is 19.2. The van der Waals surface area contributed by atoms with Gasteiger partial charge in [-0.25, -0.2) is 0 Å². The fourth-order valence-corrected chi connectivity index (χ4v) is 8.72. The molecular weight excluding hydrogens is 651 g/mol. The summed E-state index contributed by atoms with van der Waals surface area (Å²) < 4.78 is 0. The number of pyridine rings is 2. The molecule has 0 aliphatic heterocycles. The van der Waals surface area contributed by atoms with Crippen LogP contribution in [0.5, 0.6) is 0 Å². The molecule has 270 valence electrons. The molecule has 2 saturated carbocycles. The van der Waals surface area contributed by atoms with Gasteiger partial charge in [-0.05, 0) is 96.6 Å². The second-order valence-corrected chi connectivity index (χ2v) is 15.6. The van der Waals surface area contributed by atoms with Crippen LogP contribution in [-0.2, 0) is 4.79 Å². The van der Waals surface area contributed by atoms with Gasteiger partial charge >= 0.3 is 0 Å². The van der Waals surface area contributed by atoms with E-state index >= 15 is 0 Å². The highest BCUT2D eigenvalue weighted by Crippen LogP contribution is 2.43. The van der Waals surface area contributed by atoms with E-state index in [-0.39, 0.29) is 23.8 Å². The SMILES string of the molecule is C[C@H]1[C@H](/C=C/c2ccc(-c3ccccc3C#N)cn2)[C@H](C)[C@H](NC(=O)C[C@@H]2CC[C@H](C)[C@@H](C)[C@@H]2/C=C/c2ccc(-c3ccccc3C#N)cn2)C[C@@H]1C. The van der Waals surface area contributed by atoms with Crippen LogP contribution in [0, 0.1) is 70.0 Å². The second-order valence-electron chi connectivity index (χ2n) is 15.6. The molecule has 0 bridgehead atoms. The Morgan fingerprint density at radius 3 is 1.75 bits per heavy atom. The molecule has 0 spiro atoms. The summed E-state index contributed by atoms with van der Waals surface area (Å²) in [5.41, 5.74) is 6.69. The molecule has 9 atom stereocenters. The number of carbonyl (C=O) groups excluding carboxylic acids is 1. The number of allylic oxidation sites excluding steroid dienone is 2. The summed E-state index contributed by atoms with van der Waals surface area (Å²) in [7, 11) is 0. The minimum absolute atomic E-state index is 0.115. The molecule has 0 radical (unpaired) electrons. The van der Waals surface area contributed by atoms with Crippen LogP contribution in [0.4, 0.5) is 0 Å². The van der Waals surface area contributed by atoms with E-state index in [4.69, 9.17) is 9.97 Å². The predicted octanol–water partition coefficient (Wildman–Crippen LogP) is 10.4. The molecule has 4 aromatic rings. The maximum Gasteiger partial charge on any atom is 0.220 e. The van der Waals surface area contributed by atoms with Crippen LogP contribution in [0.25, 0.3) is 34.4 Å². The van der Waals surface area contributed by atoms with Gasteiger partial charge in [-0.1, -0.05) is 102 Å². The number of amides is 1. The lowest BCUT2D eigenvalue weighted by Gasteiger charge is -2.44. The van der Waals surface area contributed by atoms with Crippen LogP contribution in [0.1, 0.15) is 82.8 Å². The Kier molecular flexibility index (Phi) is 12.0. The van der Waals surface area contributed by atoms with Gasteiger partial charge in [-0.2, -0.15) is 10.5 Å². The first kappa shape index (κ1) is 37.4. The summed E-state index contributed by atoms with van der Waals surface area (Å²) in [6.07, 6.45) is 16.2. The van der Waals surface area contributed by atoms with Crippen molar-refractivity contribution in [2.24, 2.45) is 47.3 Å². The average molecular weight is 702 g/mol. The van der Waals surface area contributed by atoms with Gasteiger partial charge in [0.15, 0.2) is 0 Å². The van der Waals surface area contributed by atoms with Gasteiger partial charge in [0.05, 0.1) is 34.7 Å². The van der Waals surface area contributed by atoms with Crippen molar-refractivity contribution in [3.63, 3.8) is 0 Å². The molecule has 2 aromatic carbocycles. The maximum absolute atomic E-state index is 13.8. The quantitative estimate of drug-likeness (QED) is 0.187. The Morgan fingerprint density at radius 2 is 1.23 bits per heavy atom. The molecule has 2 aliphatic rings. The van der Waals surface area contributed by atoms with E-state index in [1.807, 2.05) is 85.2 Å². The van der Waals surface area contributed by atoms with Gasteiger partial charge in [-0.15, -0.1) is 0 Å². The lowest BCUT2D eigenvalue weighted by molar-refractivity contribution is -0.124. The van der Waals surface area contributed by atoms with Crippen LogP contribution < -0.4 is 5.32 Å². The molecule has 1 N–H and O–H groups in total. The first-order chi connectivity index (χ1) is 25.7. The summed E-state index contributed by atoms with van der Waals surface area (Å²) in [5, 5.41) is 22.5. The third-order valence-corrected chi connectivity index (χ3v) is 12.5. The highest BCUT2D eigenvalue weighted by atomic mass is 16.1. The lowest BCUT2D eigenvalue weighted by Crippen LogP contribution is -2.49. The van der Waals surface area contributed by atoms with E-state index in [0.29, 0.717) is 53.1 Å². The molecule has 2 aliphatic carbocycles. The van der Waals surface area contributed by atoms with Crippen LogP contribution in [0.2, 0.25) is 0 Å². The van der Waals surface area contributed by atoms with Crippen molar-refractivity contribution in [3.05, 3.63) is 120 Å². The second kappa shape index (κ2) is 17.0. The number of carbonyl (C=O) groups is 1. The van der Waals surface area contributed by atoms with Crippen molar-refractivity contribution < 1.29 is 4.79 Å². The van der Waals surface area contributed by atoms with Crippen molar-refractivity contribution in [1.82, 2.24) is 15.3 Å². The summed E-state index contributed by atoms with van der Waals surface area (Å²) in [4.78, 5) is 23.2. The van der Waals surface area contributed by atoms with E-state index in [9.17, 15) is 15.3 Å². The Bertz CT molecular complexity index is 2020. The van der Waals surface area contributed by atoms with Crippen LogP contribution in [0.3, 0.4) is 0 Å². The van der Waals surface area contributed by atoms with Crippen molar-refractivity contribution >= 4 is 18.1 Å². The van der Waals surface area contributed by atoms with Crippen molar-refractivity contribution in [1.29, 1.82) is 10.5 Å². The van der Waals surface area contributed by atoms with Crippen molar-refractivity contribution in [2.45, 2.75) is 66.3 Å². The Labute approximate surface area is 315 Å². The fourth-order valence-electron chi connectivity index (χ4n) is 8.72. The zero-order valence-corrected chi connectivity index (χ0v) is 31.6. The van der Waals surface area contributed by atoms with Gasteiger partial charge < -0.3 is 5.32 Å². The lowest BCUT2D eigenvalue weighted by atomic mass is 9.65. The van der Waals surface area contributed by atoms with Gasteiger partial charge in [0.25, 0.3) is 0 Å². The molecule has 0 unspecified atom stereocenters. The third-order valence-electron chi connectivity index (χ3n) is 12.5. The number of hydrogen-bond donors (Lipinski definition) is 1. The number of aromatic nitrogens is 2. The monoisotopic (exact) mass is 701 g/mol. The van der Waals surface area contributed by atoms with E-state index in [2.05, 4.69) is 76.4 Å². The molecular formula is C47H51N5O. The molecule has 0 saturated heterocycles. The molecule has 6 rings (SSSR count). The number of rotatable bonds is 9. The zero-order valence-electron chi connectivity index (χ0n) is 31.6. The molecule has 2 heterocycles. The van der Waals surface area contributed by atoms with Crippen molar-refractivity contribution in [3.8, 4) is 34.4 Å². The van der Waals surface area contributed by atoms with Crippen LogP contribution >= 0.6 is 0 Å². The Hall–Kier alpha value is -5.33. The summed E-state index contributed by atoms with van der Waals surface area (Å²) in [5.74, 6) is 3.33. The standard InChI is InChI=1S/C47H51N5O/c1-30-14-15-35(43(32(30)3)23-21-41-19-17-39(29-51-41)45-13-9-7-11-37(45)27-49)25-47(53)52-46-24-31(2)33(4)42(34(46)5)22-20-40-18-16-38(28-50-40)44-12-8-6-10-36(44)26-48/h6-13,16-23,28-35,42-43,46H,14-15,24-25H2,1-5H3,(H,52,53)/b22-20+,23-21+/t30-,31-,32+,33+,34-,35-,42-,43-,46+/m0/s1. The zero-order chi connectivity index (χ0) is 37.5. The van der Waals surface area contributed by atoms with Gasteiger partial charge in [0.2, 0.25) is 5.91 Å². The largest absolute Gasteiger partial charge is 0.353 e. The van der Waals surface area contributed by atoms with Gasteiger partial charge in [0.1, 0.15) is 0 Å². The molecule has 1 amide bonds. The Morgan fingerprint density at radius 1 is 0.698 bits per heavy atom. The smallest absolute Gasteiger partial charge is 0.220 e. The maximum atomic E-state index is 13.8. The predicted molar refractivity (Wildman–Crippen MR) is 214 cm³/mol. The molecule has 53 heavy (non-hydrogen) atoms. The molecule has 2 fully saturated rings. The minimum Gasteiger partial charge on any atom is -0.353 e.